The summed E-state index contributed by atoms with van der Waals surface area (Å²) < 4.78 is 4.96. The fourth-order valence-electron chi connectivity index (χ4n) is 1.70. The highest BCUT2D eigenvalue weighted by molar-refractivity contribution is 5.97. The molecule has 2 unspecified atom stereocenters. The number of nitrogens with one attached hydrogen (secondary N) is 1. The van der Waals surface area contributed by atoms with Crippen LogP contribution in [0.2, 0.25) is 0 Å². The Morgan fingerprint density at radius 2 is 2.10 bits per heavy atom. The van der Waals surface area contributed by atoms with Crippen molar-refractivity contribution in [3.8, 4) is 0 Å². The summed E-state index contributed by atoms with van der Waals surface area (Å²) in [6.07, 6.45) is 1.38. The SMILES string of the molecule is Cc1noc2ncc(C(=O)NC(C)C(C)C(=O)O)cc12. The molecule has 0 fully saturated rings. The minimum absolute atomic E-state index is 0.341. The second kappa shape index (κ2) is 5.28. The number of aliphatic carboxylic acids is 1. The van der Waals surface area contributed by atoms with E-state index in [9.17, 15) is 9.59 Å². The number of nitrogens with zero attached hydrogens (tertiary/aromatic N) is 2. The van der Waals surface area contributed by atoms with Crippen molar-refractivity contribution < 1.29 is 19.2 Å². The van der Waals surface area contributed by atoms with Crippen molar-refractivity contribution in [2.45, 2.75) is 26.8 Å². The van der Waals surface area contributed by atoms with E-state index >= 15 is 0 Å². The zero-order valence-electron chi connectivity index (χ0n) is 11.4. The van der Waals surface area contributed by atoms with Crippen LogP contribution >= 0.6 is 0 Å². The molecular formula is C13H15N3O4. The van der Waals surface area contributed by atoms with Crippen molar-refractivity contribution >= 4 is 23.0 Å². The highest BCUT2D eigenvalue weighted by Crippen LogP contribution is 2.17. The van der Waals surface area contributed by atoms with Crippen LogP contribution in [0.15, 0.2) is 16.8 Å². The number of aromatic nitrogens is 2. The topological polar surface area (TPSA) is 105 Å². The van der Waals surface area contributed by atoms with Gasteiger partial charge in [-0.25, -0.2) is 4.98 Å². The lowest BCUT2D eigenvalue weighted by atomic mass is 10.0. The van der Waals surface area contributed by atoms with Crippen molar-refractivity contribution in [3.63, 3.8) is 0 Å². The molecule has 0 aliphatic heterocycles. The Bertz CT molecular complexity index is 665. The van der Waals surface area contributed by atoms with Gasteiger partial charge < -0.3 is 14.9 Å². The molecule has 0 radical (unpaired) electrons. The van der Waals surface area contributed by atoms with E-state index in [0.717, 1.165) is 0 Å². The van der Waals surface area contributed by atoms with Crippen LogP contribution in [-0.2, 0) is 4.79 Å². The van der Waals surface area contributed by atoms with Crippen LogP contribution in [0.1, 0.15) is 29.9 Å². The molecule has 106 valence electrons. The van der Waals surface area contributed by atoms with Crippen molar-refractivity contribution in [2.24, 2.45) is 5.92 Å². The first-order valence-electron chi connectivity index (χ1n) is 6.16. The first kappa shape index (κ1) is 14.0. The minimum Gasteiger partial charge on any atom is -0.481 e. The molecule has 7 heteroatoms. The number of amides is 1. The van der Waals surface area contributed by atoms with Gasteiger partial charge in [0.15, 0.2) is 0 Å². The first-order valence-corrected chi connectivity index (χ1v) is 6.16. The molecular weight excluding hydrogens is 262 g/mol. The van der Waals surface area contributed by atoms with Crippen molar-refractivity contribution in [1.29, 1.82) is 0 Å². The summed E-state index contributed by atoms with van der Waals surface area (Å²) in [5.74, 6) is -2.00. The van der Waals surface area contributed by atoms with Gasteiger partial charge in [0, 0.05) is 12.2 Å². The number of carboxylic acid groups (broad SMARTS) is 1. The molecule has 2 aromatic heterocycles. The normalized spacial score (nSPS) is 13.9. The van der Waals surface area contributed by atoms with Gasteiger partial charge in [-0.15, -0.1) is 0 Å². The molecule has 0 spiro atoms. The molecule has 1 amide bonds. The van der Waals surface area contributed by atoms with E-state index in [0.29, 0.717) is 22.4 Å². The van der Waals surface area contributed by atoms with Gasteiger partial charge in [-0.05, 0) is 26.8 Å². The molecule has 0 aromatic carbocycles. The van der Waals surface area contributed by atoms with Gasteiger partial charge >= 0.3 is 5.97 Å². The summed E-state index contributed by atoms with van der Waals surface area (Å²) in [5.41, 5.74) is 1.35. The predicted octanol–water partition coefficient (Wildman–Crippen LogP) is 1.37. The molecule has 2 N–H and O–H groups in total. The van der Waals surface area contributed by atoms with Gasteiger partial charge in [-0.3, -0.25) is 9.59 Å². The molecule has 0 aliphatic rings. The highest BCUT2D eigenvalue weighted by Gasteiger charge is 2.22. The lowest BCUT2D eigenvalue weighted by molar-refractivity contribution is -0.141. The van der Waals surface area contributed by atoms with Crippen LogP contribution < -0.4 is 5.32 Å². The van der Waals surface area contributed by atoms with Gasteiger partial charge in [0.1, 0.15) is 0 Å². The molecule has 0 bridgehead atoms. The Hall–Kier alpha value is -2.44. The quantitative estimate of drug-likeness (QED) is 0.874. The summed E-state index contributed by atoms with van der Waals surface area (Å²) in [6, 6.07) is 1.14. The highest BCUT2D eigenvalue weighted by atomic mass is 16.5. The second-order valence-corrected chi connectivity index (χ2v) is 4.73. The average Bonchev–Trinajstić information content (AvgIpc) is 2.78. The first-order chi connectivity index (χ1) is 9.40. The summed E-state index contributed by atoms with van der Waals surface area (Å²) in [7, 11) is 0. The molecule has 7 nitrogen and oxygen atoms in total. The number of carboxylic acids is 1. The van der Waals surface area contributed by atoms with E-state index in [2.05, 4.69) is 15.5 Å². The number of hydrogen-bond donors (Lipinski definition) is 2. The molecule has 2 atom stereocenters. The van der Waals surface area contributed by atoms with E-state index in [1.807, 2.05) is 0 Å². The van der Waals surface area contributed by atoms with Crippen molar-refractivity contribution in [1.82, 2.24) is 15.5 Å². The Labute approximate surface area is 115 Å². The van der Waals surface area contributed by atoms with Crippen LogP contribution in [0.25, 0.3) is 11.1 Å². The maximum Gasteiger partial charge on any atom is 0.308 e. The third-order valence-corrected chi connectivity index (χ3v) is 3.27. The van der Waals surface area contributed by atoms with Crippen LogP contribution in [0, 0.1) is 12.8 Å². The number of fused-ring (bicyclic) bond motifs is 1. The molecule has 0 aliphatic carbocycles. The summed E-state index contributed by atoms with van der Waals surface area (Å²) >= 11 is 0. The summed E-state index contributed by atoms with van der Waals surface area (Å²) in [5, 5.41) is 16.0. The summed E-state index contributed by atoms with van der Waals surface area (Å²) in [4.78, 5) is 26.9. The number of hydrogen-bond acceptors (Lipinski definition) is 5. The smallest absolute Gasteiger partial charge is 0.308 e. The van der Waals surface area contributed by atoms with Gasteiger partial charge in [0.2, 0.25) is 0 Å². The largest absolute Gasteiger partial charge is 0.481 e. The maximum absolute atomic E-state index is 12.1. The average molecular weight is 277 g/mol. The van der Waals surface area contributed by atoms with Crippen molar-refractivity contribution in [3.05, 3.63) is 23.5 Å². The molecule has 0 saturated carbocycles. The standard InChI is InChI=1S/C13H15N3O4/c1-6(13(18)19)7(2)15-11(17)9-4-10-8(3)16-20-12(10)14-5-9/h4-7H,1-3H3,(H,15,17)(H,18,19). The second-order valence-electron chi connectivity index (χ2n) is 4.73. The fourth-order valence-corrected chi connectivity index (χ4v) is 1.70. The number of rotatable bonds is 4. The molecule has 20 heavy (non-hydrogen) atoms. The van der Waals surface area contributed by atoms with Crippen LogP contribution in [-0.4, -0.2) is 33.2 Å². The van der Waals surface area contributed by atoms with Crippen LogP contribution in [0.3, 0.4) is 0 Å². The number of carbonyl (C=O) groups is 2. The Morgan fingerprint density at radius 1 is 1.40 bits per heavy atom. The minimum atomic E-state index is -0.957. The van der Waals surface area contributed by atoms with E-state index < -0.39 is 17.9 Å². The van der Waals surface area contributed by atoms with E-state index in [4.69, 9.17) is 9.63 Å². The third kappa shape index (κ3) is 2.61. The van der Waals surface area contributed by atoms with E-state index in [1.165, 1.54) is 6.20 Å². The third-order valence-electron chi connectivity index (χ3n) is 3.27. The molecule has 2 heterocycles. The van der Waals surface area contributed by atoms with Gasteiger partial charge in [0.25, 0.3) is 11.6 Å². The number of pyridine rings is 1. The van der Waals surface area contributed by atoms with Gasteiger partial charge in [0.05, 0.1) is 22.6 Å². The van der Waals surface area contributed by atoms with Crippen molar-refractivity contribution in [2.75, 3.05) is 0 Å². The lowest BCUT2D eigenvalue weighted by Crippen LogP contribution is -2.40. The van der Waals surface area contributed by atoms with Gasteiger partial charge in [-0.1, -0.05) is 5.16 Å². The number of aryl methyl sites for hydroxylation is 1. The maximum atomic E-state index is 12.1. The Balaban J connectivity index is 2.19. The Kier molecular flexibility index (Phi) is 3.69. The van der Waals surface area contributed by atoms with E-state index in [1.54, 1.807) is 26.8 Å². The molecule has 0 saturated heterocycles. The van der Waals surface area contributed by atoms with Crippen LogP contribution in [0.5, 0.6) is 0 Å². The lowest BCUT2D eigenvalue weighted by Gasteiger charge is -2.17. The molecule has 2 rings (SSSR count). The monoisotopic (exact) mass is 277 g/mol. The summed E-state index contributed by atoms with van der Waals surface area (Å²) in [6.45, 7) is 4.94. The molecule has 2 aromatic rings. The van der Waals surface area contributed by atoms with Gasteiger partial charge in [-0.2, -0.15) is 0 Å². The van der Waals surface area contributed by atoms with E-state index in [-0.39, 0.29) is 5.91 Å². The Morgan fingerprint density at radius 3 is 2.75 bits per heavy atom. The zero-order valence-corrected chi connectivity index (χ0v) is 11.4. The zero-order chi connectivity index (χ0) is 14.9. The number of carbonyl (C=O) groups excluding carboxylic acids is 1. The van der Waals surface area contributed by atoms with Crippen LogP contribution in [0.4, 0.5) is 0 Å². The fraction of sp³-hybridized carbons (Fsp3) is 0.385. The predicted molar refractivity (Wildman–Crippen MR) is 70.3 cm³/mol.